The molecular formula is C19H27Cl2FN2O2. The molecule has 0 bridgehead atoms. The van der Waals surface area contributed by atoms with Crippen molar-refractivity contribution in [2.24, 2.45) is 0 Å². The van der Waals surface area contributed by atoms with Crippen LogP contribution < -0.4 is 14.8 Å². The predicted octanol–water partition coefficient (Wildman–Crippen LogP) is 3.91. The first kappa shape index (κ1) is 24.5. The van der Waals surface area contributed by atoms with Crippen molar-refractivity contribution in [3.8, 4) is 11.5 Å². The van der Waals surface area contributed by atoms with Crippen molar-refractivity contribution in [3.05, 3.63) is 59.4 Å². The first-order valence-electron chi connectivity index (χ1n) is 7.98. The summed E-state index contributed by atoms with van der Waals surface area (Å²) >= 11 is 0. The Balaban J connectivity index is 0.00000312. The van der Waals surface area contributed by atoms with E-state index in [1.54, 1.807) is 25.3 Å². The van der Waals surface area contributed by atoms with Crippen LogP contribution in [0, 0.1) is 5.82 Å². The second-order valence-corrected chi connectivity index (χ2v) is 5.85. The Morgan fingerprint density at radius 3 is 2.42 bits per heavy atom. The minimum atomic E-state index is -0.266. The molecule has 7 heteroatoms. The highest BCUT2D eigenvalue weighted by atomic mass is 35.5. The molecule has 26 heavy (non-hydrogen) atoms. The molecule has 0 radical (unpaired) electrons. The summed E-state index contributed by atoms with van der Waals surface area (Å²) in [6.07, 6.45) is 0. The molecular weight excluding hydrogens is 378 g/mol. The van der Waals surface area contributed by atoms with Crippen molar-refractivity contribution in [3.63, 3.8) is 0 Å². The minimum absolute atomic E-state index is 0. The second-order valence-electron chi connectivity index (χ2n) is 5.85. The lowest BCUT2D eigenvalue weighted by molar-refractivity contribution is 0.279. The number of ether oxygens (including phenoxy) is 2. The van der Waals surface area contributed by atoms with E-state index >= 15 is 0 Å². The SMILES string of the molecule is COc1cc(CNCCN(C)C)ccc1OCc1ccccc1F.Cl.Cl. The molecule has 0 spiro atoms. The quantitative estimate of drug-likeness (QED) is 0.642. The fourth-order valence-corrected chi connectivity index (χ4v) is 2.25. The molecule has 1 N–H and O–H groups in total. The monoisotopic (exact) mass is 404 g/mol. The van der Waals surface area contributed by atoms with Crippen LogP contribution in [0.15, 0.2) is 42.5 Å². The Morgan fingerprint density at radius 1 is 1.04 bits per heavy atom. The zero-order valence-corrected chi connectivity index (χ0v) is 17.0. The van der Waals surface area contributed by atoms with Gasteiger partial charge in [0, 0.05) is 25.2 Å². The third-order valence-corrected chi connectivity index (χ3v) is 3.63. The number of nitrogens with one attached hydrogen (secondary N) is 1. The molecule has 2 rings (SSSR count). The average molecular weight is 405 g/mol. The van der Waals surface area contributed by atoms with Gasteiger partial charge in [0.1, 0.15) is 12.4 Å². The lowest BCUT2D eigenvalue weighted by Crippen LogP contribution is -2.26. The van der Waals surface area contributed by atoms with Crippen LogP contribution in [0.25, 0.3) is 0 Å². The standard InChI is InChI=1S/C19H25FN2O2.2ClH/c1-22(2)11-10-21-13-15-8-9-18(19(12-15)23-3)24-14-16-6-4-5-7-17(16)20;;/h4-9,12,21H,10-11,13-14H2,1-3H3;2*1H. The second kappa shape index (κ2) is 12.8. The highest BCUT2D eigenvalue weighted by Gasteiger charge is 2.08. The number of rotatable bonds is 9. The predicted molar refractivity (Wildman–Crippen MR) is 108 cm³/mol. The van der Waals surface area contributed by atoms with E-state index in [2.05, 4.69) is 10.2 Å². The van der Waals surface area contributed by atoms with Crippen LogP contribution in [-0.2, 0) is 13.2 Å². The zero-order chi connectivity index (χ0) is 17.4. The van der Waals surface area contributed by atoms with E-state index in [0.29, 0.717) is 17.1 Å². The first-order chi connectivity index (χ1) is 11.6. The first-order valence-corrected chi connectivity index (χ1v) is 7.98. The Kier molecular flexibility index (Phi) is 12.0. The fourth-order valence-electron chi connectivity index (χ4n) is 2.25. The van der Waals surface area contributed by atoms with Gasteiger partial charge in [-0.15, -0.1) is 24.8 Å². The molecule has 146 valence electrons. The summed E-state index contributed by atoms with van der Waals surface area (Å²) in [4.78, 5) is 2.13. The van der Waals surface area contributed by atoms with Gasteiger partial charge in [0.15, 0.2) is 11.5 Å². The number of methoxy groups -OCH3 is 1. The molecule has 0 aliphatic heterocycles. The number of likely N-dealkylation sites (N-methyl/N-ethyl adjacent to an activating group) is 1. The van der Waals surface area contributed by atoms with Crippen molar-refractivity contribution in [2.45, 2.75) is 13.2 Å². The molecule has 4 nitrogen and oxygen atoms in total. The van der Waals surface area contributed by atoms with E-state index in [1.165, 1.54) is 6.07 Å². The highest BCUT2D eigenvalue weighted by Crippen LogP contribution is 2.29. The number of halogens is 3. The molecule has 0 atom stereocenters. The Labute approximate surface area is 167 Å². The van der Waals surface area contributed by atoms with Crippen molar-refractivity contribution >= 4 is 24.8 Å². The normalized spacial score (nSPS) is 10.0. The lowest BCUT2D eigenvalue weighted by atomic mass is 10.2. The molecule has 0 aliphatic rings. The molecule has 2 aromatic carbocycles. The van der Waals surface area contributed by atoms with Crippen molar-refractivity contribution in [1.29, 1.82) is 0 Å². The topological polar surface area (TPSA) is 33.7 Å². The molecule has 0 unspecified atom stereocenters. The Hall–Kier alpha value is -1.53. The van der Waals surface area contributed by atoms with E-state index in [9.17, 15) is 4.39 Å². The maximum Gasteiger partial charge on any atom is 0.161 e. The maximum absolute atomic E-state index is 13.6. The number of nitrogens with zero attached hydrogens (tertiary/aromatic N) is 1. The van der Waals surface area contributed by atoms with Crippen LogP contribution in [0.5, 0.6) is 11.5 Å². The Bertz CT molecular complexity index is 657. The number of benzene rings is 2. The largest absolute Gasteiger partial charge is 0.493 e. The summed E-state index contributed by atoms with van der Waals surface area (Å²) < 4.78 is 24.8. The third-order valence-electron chi connectivity index (χ3n) is 3.63. The van der Waals surface area contributed by atoms with Crippen LogP contribution in [0.3, 0.4) is 0 Å². The van der Waals surface area contributed by atoms with Crippen LogP contribution in [0.2, 0.25) is 0 Å². The molecule has 0 aliphatic carbocycles. The van der Waals surface area contributed by atoms with E-state index in [-0.39, 0.29) is 37.2 Å². The smallest absolute Gasteiger partial charge is 0.161 e. The molecule has 0 fully saturated rings. The van der Waals surface area contributed by atoms with Crippen molar-refractivity contribution < 1.29 is 13.9 Å². The van der Waals surface area contributed by atoms with Gasteiger partial charge in [-0.3, -0.25) is 0 Å². The number of hydrogen-bond acceptors (Lipinski definition) is 4. The summed E-state index contributed by atoms with van der Waals surface area (Å²) in [5, 5.41) is 3.38. The van der Waals surface area contributed by atoms with Crippen molar-refractivity contribution in [2.75, 3.05) is 34.3 Å². The lowest BCUT2D eigenvalue weighted by Gasteiger charge is -2.14. The van der Waals surface area contributed by atoms with Crippen LogP contribution >= 0.6 is 24.8 Å². The summed E-state index contributed by atoms with van der Waals surface area (Å²) in [5.74, 6) is 0.995. The average Bonchev–Trinajstić information content (AvgIpc) is 2.58. The summed E-state index contributed by atoms with van der Waals surface area (Å²) in [7, 11) is 5.70. The minimum Gasteiger partial charge on any atom is -0.493 e. The van der Waals surface area contributed by atoms with E-state index in [0.717, 1.165) is 25.2 Å². The summed E-state index contributed by atoms with van der Waals surface area (Å²) in [6.45, 7) is 2.84. The summed E-state index contributed by atoms with van der Waals surface area (Å²) in [6, 6.07) is 12.4. The van der Waals surface area contributed by atoms with Gasteiger partial charge in [-0.2, -0.15) is 0 Å². The summed E-state index contributed by atoms with van der Waals surface area (Å²) in [5.41, 5.74) is 1.64. The molecule has 0 saturated carbocycles. The number of hydrogen-bond donors (Lipinski definition) is 1. The molecule has 2 aromatic rings. The van der Waals surface area contributed by atoms with Gasteiger partial charge in [-0.25, -0.2) is 4.39 Å². The molecule has 0 saturated heterocycles. The molecule has 0 heterocycles. The zero-order valence-electron chi connectivity index (χ0n) is 15.3. The van der Waals surface area contributed by atoms with E-state index < -0.39 is 0 Å². The highest BCUT2D eigenvalue weighted by molar-refractivity contribution is 5.85. The van der Waals surface area contributed by atoms with Gasteiger partial charge in [0.2, 0.25) is 0 Å². The molecule has 0 aromatic heterocycles. The van der Waals surface area contributed by atoms with E-state index in [4.69, 9.17) is 9.47 Å². The maximum atomic E-state index is 13.6. The molecule has 0 amide bonds. The third kappa shape index (κ3) is 7.79. The Morgan fingerprint density at radius 2 is 1.77 bits per heavy atom. The van der Waals surface area contributed by atoms with Crippen LogP contribution in [-0.4, -0.2) is 39.2 Å². The van der Waals surface area contributed by atoms with Gasteiger partial charge in [-0.05, 0) is 37.9 Å². The van der Waals surface area contributed by atoms with Gasteiger partial charge in [-0.1, -0.05) is 24.3 Å². The van der Waals surface area contributed by atoms with Crippen molar-refractivity contribution in [1.82, 2.24) is 10.2 Å². The van der Waals surface area contributed by atoms with Crippen LogP contribution in [0.4, 0.5) is 4.39 Å². The van der Waals surface area contributed by atoms with Gasteiger partial charge in [0.25, 0.3) is 0 Å². The van der Waals surface area contributed by atoms with Gasteiger partial charge >= 0.3 is 0 Å². The van der Waals surface area contributed by atoms with E-state index in [1.807, 2.05) is 32.3 Å². The fraction of sp³-hybridized carbons (Fsp3) is 0.368. The van der Waals surface area contributed by atoms with Gasteiger partial charge in [0.05, 0.1) is 7.11 Å². The van der Waals surface area contributed by atoms with Gasteiger partial charge < -0.3 is 19.7 Å². The van der Waals surface area contributed by atoms with Crippen LogP contribution in [0.1, 0.15) is 11.1 Å².